The Morgan fingerprint density at radius 1 is 0.964 bits per heavy atom. The van der Waals surface area contributed by atoms with Crippen molar-refractivity contribution in [2.75, 3.05) is 18.4 Å². The van der Waals surface area contributed by atoms with Gasteiger partial charge in [0.25, 0.3) is 5.56 Å². The van der Waals surface area contributed by atoms with Crippen molar-refractivity contribution < 1.29 is 4.79 Å². The number of ketones is 1. The molecular weight excluding hydrogens is 350 g/mol. The fraction of sp³-hybridized carbons (Fsp3) is 0.304. The van der Waals surface area contributed by atoms with Crippen LogP contribution in [-0.2, 0) is 7.05 Å². The highest BCUT2D eigenvalue weighted by Crippen LogP contribution is 2.41. The summed E-state index contributed by atoms with van der Waals surface area (Å²) >= 11 is 0. The highest BCUT2D eigenvalue weighted by molar-refractivity contribution is 6.28. The highest BCUT2D eigenvalue weighted by Gasteiger charge is 2.28. The van der Waals surface area contributed by atoms with Gasteiger partial charge in [0, 0.05) is 42.3 Å². The molecule has 0 fully saturated rings. The first-order valence-corrected chi connectivity index (χ1v) is 9.77. The van der Waals surface area contributed by atoms with E-state index in [2.05, 4.69) is 24.5 Å². The number of hydrogen-bond donors (Lipinski definition) is 2. The Morgan fingerprint density at radius 2 is 1.71 bits per heavy atom. The summed E-state index contributed by atoms with van der Waals surface area (Å²) in [4.78, 5) is 25.8. The smallest absolute Gasteiger partial charge is 0.251 e. The lowest BCUT2D eigenvalue weighted by atomic mass is 9.83. The lowest BCUT2D eigenvalue weighted by Crippen LogP contribution is -2.25. The first-order valence-electron chi connectivity index (χ1n) is 9.77. The molecule has 1 aromatic heterocycles. The van der Waals surface area contributed by atoms with Gasteiger partial charge in [0.2, 0.25) is 0 Å². The van der Waals surface area contributed by atoms with Gasteiger partial charge in [-0.15, -0.1) is 0 Å². The van der Waals surface area contributed by atoms with E-state index in [-0.39, 0.29) is 11.3 Å². The zero-order chi connectivity index (χ0) is 19.8. The molecule has 1 aliphatic rings. The van der Waals surface area contributed by atoms with Crippen LogP contribution in [0, 0.1) is 0 Å². The monoisotopic (exact) mass is 375 g/mol. The molecule has 0 saturated carbocycles. The summed E-state index contributed by atoms with van der Waals surface area (Å²) in [6.45, 7) is 5.95. The summed E-state index contributed by atoms with van der Waals surface area (Å²) in [6, 6.07) is 13.5. The number of carbonyl (C=O) groups excluding carboxylic acids is 1. The van der Waals surface area contributed by atoms with Crippen LogP contribution >= 0.6 is 0 Å². The maximum atomic E-state index is 13.3. The zero-order valence-corrected chi connectivity index (χ0v) is 16.5. The maximum Gasteiger partial charge on any atom is 0.251 e. The van der Waals surface area contributed by atoms with E-state index in [1.165, 1.54) is 0 Å². The van der Waals surface area contributed by atoms with E-state index in [1.807, 2.05) is 36.4 Å². The van der Waals surface area contributed by atoms with Crippen molar-refractivity contribution in [2.24, 2.45) is 7.05 Å². The van der Waals surface area contributed by atoms with Gasteiger partial charge in [-0.05, 0) is 36.2 Å². The summed E-state index contributed by atoms with van der Waals surface area (Å²) in [6.07, 6.45) is 0.959. The molecule has 144 valence electrons. The maximum absolute atomic E-state index is 13.3. The second kappa shape index (κ2) is 7.24. The predicted molar refractivity (Wildman–Crippen MR) is 114 cm³/mol. The third kappa shape index (κ3) is 3.02. The van der Waals surface area contributed by atoms with Crippen LogP contribution in [0.15, 0.2) is 47.3 Å². The van der Waals surface area contributed by atoms with Crippen molar-refractivity contribution >= 4 is 22.4 Å². The van der Waals surface area contributed by atoms with Crippen LogP contribution in [-0.4, -0.2) is 29.5 Å². The summed E-state index contributed by atoms with van der Waals surface area (Å²) in [7, 11) is 1.75. The predicted octanol–water partition coefficient (Wildman–Crippen LogP) is 3.55. The number of hydrogen-bond acceptors (Lipinski definition) is 4. The van der Waals surface area contributed by atoms with Crippen LogP contribution in [0.1, 0.15) is 36.2 Å². The zero-order valence-electron chi connectivity index (χ0n) is 16.5. The van der Waals surface area contributed by atoms with Gasteiger partial charge < -0.3 is 15.2 Å². The molecule has 28 heavy (non-hydrogen) atoms. The number of aromatic nitrogens is 1. The Morgan fingerprint density at radius 3 is 2.46 bits per heavy atom. The molecule has 0 unspecified atom stereocenters. The molecular formula is C23H25N3O2. The van der Waals surface area contributed by atoms with Crippen LogP contribution in [0.25, 0.3) is 22.0 Å². The molecule has 1 aliphatic carbocycles. The van der Waals surface area contributed by atoms with Gasteiger partial charge in [-0.25, -0.2) is 0 Å². The van der Waals surface area contributed by atoms with Crippen molar-refractivity contribution in [1.82, 2.24) is 9.88 Å². The normalized spacial score (nSPS) is 12.5. The molecule has 3 aromatic rings. The SMILES string of the molecule is CC(C)NCCCNc1ccc2c3c(cc(=O)n2C)-c2ccccc2C(=O)c13. The molecule has 1 heterocycles. The molecule has 5 nitrogen and oxygen atoms in total. The minimum absolute atomic E-state index is 0.00940. The van der Waals surface area contributed by atoms with Crippen molar-refractivity contribution in [3.63, 3.8) is 0 Å². The van der Waals surface area contributed by atoms with Gasteiger partial charge >= 0.3 is 0 Å². The average Bonchev–Trinajstić information content (AvgIpc) is 2.68. The van der Waals surface area contributed by atoms with E-state index < -0.39 is 0 Å². The van der Waals surface area contributed by atoms with E-state index in [9.17, 15) is 9.59 Å². The molecule has 0 atom stereocenters. The fourth-order valence-electron chi connectivity index (χ4n) is 3.90. The molecule has 4 rings (SSSR count). The van der Waals surface area contributed by atoms with Crippen molar-refractivity contribution in [3.05, 3.63) is 63.9 Å². The minimum atomic E-state index is -0.0712. The Bertz CT molecular complexity index is 1130. The summed E-state index contributed by atoms with van der Waals surface area (Å²) < 4.78 is 1.61. The van der Waals surface area contributed by atoms with Crippen LogP contribution in [0.3, 0.4) is 0 Å². The van der Waals surface area contributed by atoms with Crippen LogP contribution in [0.5, 0.6) is 0 Å². The van der Waals surface area contributed by atoms with Gasteiger partial charge in [0.1, 0.15) is 0 Å². The molecule has 5 heteroatoms. The first-order chi connectivity index (χ1) is 13.5. The molecule has 0 aliphatic heterocycles. The van der Waals surface area contributed by atoms with Crippen LogP contribution in [0.2, 0.25) is 0 Å². The van der Waals surface area contributed by atoms with Gasteiger partial charge in [0.05, 0.1) is 11.1 Å². The molecule has 0 saturated heterocycles. The number of fused-ring (bicyclic) bond motifs is 2. The van der Waals surface area contributed by atoms with Gasteiger partial charge in [-0.1, -0.05) is 38.1 Å². The largest absolute Gasteiger partial charge is 0.384 e. The standard InChI is InChI=1S/C23H25N3O2/c1-14(2)24-11-6-12-25-18-9-10-19-21-17(13-20(27)26(19)3)15-7-4-5-8-16(15)23(28)22(18)21/h4-5,7-10,13-14,24-25H,6,11-12H2,1-3H3. The number of benzene rings is 2. The van der Waals surface area contributed by atoms with Gasteiger partial charge in [-0.2, -0.15) is 0 Å². The Balaban J connectivity index is 1.82. The van der Waals surface area contributed by atoms with Crippen molar-refractivity contribution in [3.8, 4) is 11.1 Å². The third-order valence-corrected chi connectivity index (χ3v) is 5.32. The van der Waals surface area contributed by atoms with Gasteiger partial charge in [0.15, 0.2) is 5.78 Å². The molecule has 0 radical (unpaired) electrons. The number of nitrogens with one attached hydrogen (secondary N) is 2. The number of nitrogens with zero attached hydrogens (tertiary/aromatic N) is 1. The van der Waals surface area contributed by atoms with E-state index in [0.717, 1.165) is 47.2 Å². The number of anilines is 1. The molecule has 2 aromatic carbocycles. The van der Waals surface area contributed by atoms with Crippen molar-refractivity contribution in [2.45, 2.75) is 26.3 Å². The molecule has 0 spiro atoms. The number of pyridine rings is 1. The lowest BCUT2D eigenvalue weighted by molar-refractivity contribution is 0.104. The lowest BCUT2D eigenvalue weighted by Gasteiger charge is -2.23. The molecule has 2 N–H and O–H groups in total. The van der Waals surface area contributed by atoms with E-state index in [4.69, 9.17) is 0 Å². The average molecular weight is 375 g/mol. The van der Waals surface area contributed by atoms with Crippen LogP contribution in [0.4, 0.5) is 5.69 Å². The van der Waals surface area contributed by atoms with Crippen molar-refractivity contribution in [1.29, 1.82) is 0 Å². The fourth-order valence-corrected chi connectivity index (χ4v) is 3.90. The second-order valence-electron chi connectivity index (χ2n) is 7.60. The molecule has 0 amide bonds. The summed E-state index contributed by atoms with van der Waals surface area (Å²) in [5, 5.41) is 7.70. The second-order valence-corrected chi connectivity index (χ2v) is 7.60. The first kappa shape index (κ1) is 18.4. The third-order valence-electron chi connectivity index (χ3n) is 5.32. The van der Waals surface area contributed by atoms with E-state index in [1.54, 1.807) is 17.7 Å². The highest BCUT2D eigenvalue weighted by atomic mass is 16.1. The van der Waals surface area contributed by atoms with E-state index >= 15 is 0 Å². The number of rotatable bonds is 6. The number of carbonyl (C=O) groups is 1. The Labute approximate surface area is 164 Å². The minimum Gasteiger partial charge on any atom is -0.384 e. The quantitative estimate of drug-likeness (QED) is 0.506. The van der Waals surface area contributed by atoms with Crippen LogP contribution < -0.4 is 16.2 Å². The Kier molecular flexibility index (Phi) is 4.77. The number of aryl methyl sites for hydroxylation is 1. The van der Waals surface area contributed by atoms with E-state index in [0.29, 0.717) is 17.2 Å². The summed E-state index contributed by atoms with van der Waals surface area (Å²) in [5.74, 6) is 0.00940. The van der Waals surface area contributed by atoms with Gasteiger partial charge in [-0.3, -0.25) is 9.59 Å². The molecule has 0 bridgehead atoms. The topological polar surface area (TPSA) is 63.1 Å². The summed E-state index contributed by atoms with van der Waals surface area (Å²) in [5.41, 5.74) is 4.54. The Hall–Kier alpha value is -2.92.